The maximum Gasteiger partial charge on any atom is 0.410 e. The van der Waals surface area contributed by atoms with Gasteiger partial charge in [0.05, 0.1) is 10.8 Å². The fourth-order valence-electron chi connectivity index (χ4n) is 2.23. The van der Waals surface area contributed by atoms with Crippen LogP contribution in [0.3, 0.4) is 0 Å². The molecule has 0 spiro atoms. The minimum atomic E-state index is -1.32. The van der Waals surface area contributed by atoms with Gasteiger partial charge in [-0.05, 0) is 40.5 Å². The molecule has 23 heavy (non-hydrogen) atoms. The molecule has 8 heteroatoms. The molecule has 0 aliphatic carbocycles. The first kappa shape index (κ1) is 18.1. The maximum absolute atomic E-state index is 12.6. The van der Waals surface area contributed by atoms with Crippen LogP contribution in [0.1, 0.15) is 39.2 Å². The Balaban J connectivity index is 1.94. The van der Waals surface area contributed by atoms with Gasteiger partial charge in [-0.1, -0.05) is 11.6 Å². The Morgan fingerprint density at radius 2 is 2.00 bits per heavy atom. The summed E-state index contributed by atoms with van der Waals surface area (Å²) in [4.78, 5) is 21.9. The smallest absolute Gasteiger partial charge is 0.410 e. The van der Waals surface area contributed by atoms with Gasteiger partial charge in [0.15, 0.2) is 0 Å². The van der Waals surface area contributed by atoms with Crippen molar-refractivity contribution in [1.82, 2.24) is 14.9 Å². The minimum Gasteiger partial charge on any atom is -0.444 e. The molecule has 1 atom stereocenters. The number of aryl methyl sites for hydroxylation is 1. The number of carbonyl (C=O) groups excluding carboxylic acids is 1. The first-order valence-electron chi connectivity index (χ1n) is 7.55. The molecule has 2 rings (SSSR count). The first-order chi connectivity index (χ1) is 10.7. The second-order valence-electron chi connectivity index (χ2n) is 6.59. The predicted octanol–water partition coefficient (Wildman–Crippen LogP) is 2.95. The number of hydrogen-bond donors (Lipinski definition) is 0. The van der Waals surface area contributed by atoms with Crippen molar-refractivity contribution >= 4 is 28.5 Å². The van der Waals surface area contributed by atoms with Crippen molar-refractivity contribution in [3.8, 4) is 0 Å². The summed E-state index contributed by atoms with van der Waals surface area (Å²) in [7, 11) is -1.32. The number of aromatic nitrogens is 2. The van der Waals surface area contributed by atoms with E-state index in [0.29, 0.717) is 31.1 Å². The van der Waals surface area contributed by atoms with Gasteiger partial charge in [0, 0.05) is 30.1 Å². The number of likely N-dealkylation sites (tertiary alicyclic amines) is 1. The second-order valence-corrected chi connectivity index (χ2v) is 8.58. The molecule has 1 aliphatic rings. The summed E-state index contributed by atoms with van der Waals surface area (Å²) in [5, 5.41) is 0.512. The topological polar surface area (TPSA) is 72.4 Å². The third-order valence-corrected chi connectivity index (χ3v) is 5.48. The largest absolute Gasteiger partial charge is 0.444 e. The zero-order chi connectivity index (χ0) is 17.2. The molecule has 128 valence electrons. The maximum atomic E-state index is 12.6. The van der Waals surface area contributed by atoms with E-state index < -0.39 is 16.4 Å². The molecule has 1 aromatic rings. The predicted molar refractivity (Wildman–Crippen MR) is 89.0 cm³/mol. The zero-order valence-electron chi connectivity index (χ0n) is 13.8. The molecule has 1 amide bonds. The first-order valence-corrected chi connectivity index (χ1v) is 9.14. The second kappa shape index (κ2) is 7.13. The van der Waals surface area contributed by atoms with Gasteiger partial charge >= 0.3 is 6.09 Å². The Labute approximate surface area is 144 Å². The standard InChI is InChI=1S/C15H22ClN3O3S/c1-10-9-17-13(18-12(10)16)23(21)11-5-7-19(8-6-11)14(20)22-15(2,3)4/h9,11H,5-8H2,1-4H3/t23-/m0/s1. The molecule has 1 fully saturated rings. The van der Waals surface area contributed by atoms with E-state index in [-0.39, 0.29) is 16.5 Å². The summed E-state index contributed by atoms with van der Waals surface area (Å²) in [5.74, 6) is 0. The molecule has 2 heterocycles. The molecule has 0 bridgehead atoms. The molecule has 0 aromatic carbocycles. The van der Waals surface area contributed by atoms with Crippen molar-refractivity contribution in [2.24, 2.45) is 0 Å². The van der Waals surface area contributed by atoms with Crippen LogP contribution in [0, 0.1) is 6.92 Å². The zero-order valence-corrected chi connectivity index (χ0v) is 15.4. The summed E-state index contributed by atoms with van der Waals surface area (Å²) in [6.45, 7) is 8.35. The lowest BCUT2D eigenvalue weighted by atomic mass is 10.1. The highest BCUT2D eigenvalue weighted by Gasteiger charge is 2.30. The lowest BCUT2D eigenvalue weighted by molar-refractivity contribution is 0.0218. The van der Waals surface area contributed by atoms with Gasteiger partial charge < -0.3 is 9.64 Å². The molecular formula is C15H22ClN3O3S. The van der Waals surface area contributed by atoms with E-state index >= 15 is 0 Å². The number of carbonyl (C=O) groups is 1. The Kier molecular flexibility index (Phi) is 5.62. The van der Waals surface area contributed by atoms with Crippen LogP contribution in [0.25, 0.3) is 0 Å². The van der Waals surface area contributed by atoms with Crippen LogP contribution in [-0.4, -0.2) is 49.1 Å². The Morgan fingerprint density at radius 3 is 2.52 bits per heavy atom. The van der Waals surface area contributed by atoms with Gasteiger partial charge in [-0.3, -0.25) is 4.21 Å². The summed E-state index contributed by atoms with van der Waals surface area (Å²) in [6.07, 6.45) is 2.51. The third kappa shape index (κ3) is 4.88. The van der Waals surface area contributed by atoms with Gasteiger partial charge in [0.2, 0.25) is 5.16 Å². The van der Waals surface area contributed by atoms with Gasteiger partial charge in [-0.2, -0.15) is 0 Å². The monoisotopic (exact) mass is 359 g/mol. The molecular weight excluding hydrogens is 338 g/mol. The summed E-state index contributed by atoms with van der Waals surface area (Å²) in [5.41, 5.74) is 0.246. The van der Waals surface area contributed by atoms with E-state index in [9.17, 15) is 9.00 Å². The lowest BCUT2D eigenvalue weighted by Crippen LogP contribution is -2.43. The van der Waals surface area contributed by atoms with Crippen LogP contribution in [0.15, 0.2) is 11.4 Å². The Morgan fingerprint density at radius 1 is 1.39 bits per heavy atom. The molecule has 1 aromatic heterocycles. The van der Waals surface area contributed by atoms with Crippen molar-refractivity contribution in [1.29, 1.82) is 0 Å². The highest BCUT2D eigenvalue weighted by atomic mass is 35.5. The molecule has 1 saturated heterocycles. The molecule has 0 radical (unpaired) electrons. The summed E-state index contributed by atoms with van der Waals surface area (Å²) >= 11 is 5.97. The number of piperidine rings is 1. The molecule has 0 saturated carbocycles. The molecule has 1 aliphatic heterocycles. The van der Waals surface area contributed by atoms with Crippen molar-refractivity contribution in [3.05, 3.63) is 16.9 Å². The minimum absolute atomic E-state index is 0.0764. The number of rotatable bonds is 2. The third-order valence-electron chi connectivity index (χ3n) is 3.46. The SMILES string of the molecule is Cc1cnc([S@@](=O)C2CCN(C(=O)OC(C)(C)C)CC2)nc1Cl. The average Bonchev–Trinajstić information content (AvgIpc) is 2.48. The fourth-order valence-corrected chi connectivity index (χ4v) is 3.69. The number of halogens is 1. The van der Waals surface area contributed by atoms with Crippen LogP contribution in [-0.2, 0) is 15.5 Å². The van der Waals surface area contributed by atoms with E-state index in [1.165, 1.54) is 0 Å². The van der Waals surface area contributed by atoms with E-state index in [1.807, 2.05) is 20.8 Å². The van der Waals surface area contributed by atoms with Gasteiger partial charge in [-0.25, -0.2) is 14.8 Å². The van der Waals surface area contributed by atoms with Crippen molar-refractivity contribution in [3.63, 3.8) is 0 Å². The normalized spacial score (nSPS) is 17.9. The molecule has 0 unspecified atom stereocenters. The molecule has 6 nitrogen and oxygen atoms in total. The quantitative estimate of drug-likeness (QED) is 0.599. The van der Waals surface area contributed by atoms with Crippen molar-refractivity contribution in [2.75, 3.05) is 13.1 Å². The van der Waals surface area contributed by atoms with Crippen LogP contribution < -0.4 is 0 Å². The van der Waals surface area contributed by atoms with E-state index in [0.717, 1.165) is 5.56 Å². The van der Waals surface area contributed by atoms with Crippen molar-refractivity contribution < 1.29 is 13.7 Å². The fraction of sp³-hybridized carbons (Fsp3) is 0.667. The van der Waals surface area contributed by atoms with Crippen LogP contribution >= 0.6 is 11.6 Å². The van der Waals surface area contributed by atoms with Gasteiger partial charge in [0.1, 0.15) is 10.8 Å². The highest BCUT2D eigenvalue weighted by Crippen LogP contribution is 2.22. The van der Waals surface area contributed by atoms with E-state index in [1.54, 1.807) is 18.0 Å². The van der Waals surface area contributed by atoms with Crippen LogP contribution in [0.2, 0.25) is 5.15 Å². The average molecular weight is 360 g/mol. The molecule has 0 N–H and O–H groups in total. The Hall–Kier alpha value is -1.21. The van der Waals surface area contributed by atoms with Gasteiger partial charge in [0.25, 0.3) is 0 Å². The number of ether oxygens (including phenoxy) is 1. The van der Waals surface area contributed by atoms with Crippen molar-refractivity contribution in [2.45, 2.75) is 56.5 Å². The van der Waals surface area contributed by atoms with E-state index in [2.05, 4.69) is 9.97 Å². The van der Waals surface area contributed by atoms with Crippen LogP contribution in [0.5, 0.6) is 0 Å². The van der Waals surface area contributed by atoms with E-state index in [4.69, 9.17) is 16.3 Å². The highest BCUT2D eigenvalue weighted by molar-refractivity contribution is 7.85. The number of hydrogen-bond acceptors (Lipinski definition) is 5. The summed E-state index contributed by atoms with van der Waals surface area (Å²) in [6, 6.07) is 0. The van der Waals surface area contributed by atoms with Crippen LogP contribution in [0.4, 0.5) is 4.79 Å². The van der Waals surface area contributed by atoms with Gasteiger partial charge in [-0.15, -0.1) is 0 Å². The number of nitrogens with zero attached hydrogens (tertiary/aromatic N) is 3. The lowest BCUT2D eigenvalue weighted by Gasteiger charge is -2.32. The number of amides is 1. The Bertz CT molecular complexity index is 610. The summed E-state index contributed by atoms with van der Waals surface area (Å²) < 4.78 is 17.9.